The average Bonchev–Trinajstić information content (AvgIpc) is 2.87. The van der Waals surface area contributed by atoms with E-state index < -0.39 is 0 Å². The molecule has 1 atom stereocenters. The Labute approximate surface area is 201 Å². The fourth-order valence-electron chi connectivity index (χ4n) is 5.11. The van der Waals surface area contributed by atoms with Gasteiger partial charge in [-0.15, -0.1) is 0 Å². The minimum atomic E-state index is -0.239. The summed E-state index contributed by atoms with van der Waals surface area (Å²) in [6, 6.07) is 14.3. The molecule has 1 aliphatic heterocycles. The van der Waals surface area contributed by atoms with E-state index in [1.54, 1.807) is 17.2 Å². The Kier molecular flexibility index (Phi) is 6.70. The molecule has 1 fully saturated rings. The number of carbonyl (C=O) groups is 1. The summed E-state index contributed by atoms with van der Waals surface area (Å²) < 4.78 is 0. The molecule has 7 heteroatoms. The number of urea groups is 1. The number of hydrogen-bond acceptors (Lipinski definition) is 5. The van der Waals surface area contributed by atoms with E-state index in [0.29, 0.717) is 17.6 Å². The van der Waals surface area contributed by atoms with E-state index in [9.17, 15) is 4.79 Å². The van der Waals surface area contributed by atoms with Gasteiger partial charge in [-0.3, -0.25) is 10.2 Å². The maximum Gasteiger partial charge on any atom is 0.328 e. The van der Waals surface area contributed by atoms with Crippen molar-refractivity contribution >= 4 is 23.4 Å². The van der Waals surface area contributed by atoms with Crippen molar-refractivity contribution in [1.29, 1.82) is 0 Å². The summed E-state index contributed by atoms with van der Waals surface area (Å²) in [5, 5.41) is 6.38. The molecule has 2 aromatic heterocycles. The van der Waals surface area contributed by atoms with Crippen LogP contribution < -0.4 is 15.5 Å². The van der Waals surface area contributed by atoms with Crippen molar-refractivity contribution in [3.05, 3.63) is 60.6 Å². The minimum absolute atomic E-state index is 0.000916. The average molecular weight is 457 g/mol. The second-order valence-corrected chi connectivity index (χ2v) is 9.34. The van der Waals surface area contributed by atoms with Crippen molar-refractivity contribution in [3.63, 3.8) is 0 Å². The van der Waals surface area contributed by atoms with Gasteiger partial charge < -0.3 is 5.32 Å². The fraction of sp³-hybridized carbons (Fsp3) is 0.407. The number of aromatic nitrogens is 3. The first-order valence-corrected chi connectivity index (χ1v) is 12.4. The molecular weight excluding hydrogens is 424 g/mol. The number of benzene rings is 1. The van der Waals surface area contributed by atoms with Crippen molar-refractivity contribution in [1.82, 2.24) is 15.0 Å². The first-order valence-electron chi connectivity index (χ1n) is 12.4. The number of hydrogen-bond donors (Lipinski definition) is 2. The van der Waals surface area contributed by atoms with Crippen LogP contribution in [0.2, 0.25) is 0 Å². The zero-order chi connectivity index (χ0) is 23.3. The molecule has 0 spiro atoms. The molecule has 34 heavy (non-hydrogen) atoms. The van der Waals surface area contributed by atoms with Gasteiger partial charge in [-0.25, -0.2) is 19.7 Å². The third-order valence-corrected chi connectivity index (χ3v) is 6.95. The SMILES string of the molecule is C[C@@H]1CCCNc2ccc(-c3cccc(C4CCCCC4)c3)nc2N1C(=O)Nc1ccncn1. The first-order chi connectivity index (χ1) is 16.7. The molecule has 1 saturated carbocycles. The van der Waals surface area contributed by atoms with Crippen LogP contribution in [0.3, 0.4) is 0 Å². The van der Waals surface area contributed by atoms with Crippen molar-refractivity contribution < 1.29 is 4.79 Å². The van der Waals surface area contributed by atoms with Gasteiger partial charge in [0, 0.05) is 24.3 Å². The maximum atomic E-state index is 13.4. The second-order valence-electron chi connectivity index (χ2n) is 9.34. The van der Waals surface area contributed by atoms with Crippen molar-refractivity contribution in [3.8, 4) is 11.3 Å². The molecule has 0 saturated heterocycles. The van der Waals surface area contributed by atoms with Crippen LogP contribution in [-0.4, -0.2) is 33.6 Å². The van der Waals surface area contributed by atoms with E-state index in [0.717, 1.165) is 36.3 Å². The zero-order valence-corrected chi connectivity index (χ0v) is 19.7. The molecule has 2 amide bonds. The number of pyridine rings is 1. The largest absolute Gasteiger partial charge is 0.382 e. The molecular formula is C27H32N6O. The van der Waals surface area contributed by atoms with Crippen LogP contribution in [0.25, 0.3) is 11.3 Å². The minimum Gasteiger partial charge on any atom is -0.382 e. The molecule has 5 rings (SSSR count). The third-order valence-electron chi connectivity index (χ3n) is 6.95. The third kappa shape index (κ3) is 4.88. The highest BCUT2D eigenvalue weighted by Crippen LogP contribution is 2.36. The van der Waals surface area contributed by atoms with Crippen LogP contribution in [0.1, 0.15) is 63.4 Å². The quantitative estimate of drug-likeness (QED) is 0.489. The number of fused-ring (bicyclic) bond motifs is 1. The predicted molar refractivity (Wildman–Crippen MR) is 136 cm³/mol. The van der Waals surface area contributed by atoms with E-state index in [2.05, 4.69) is 57.9 Å². The highest BCUT2D eigenvalue weighted by atomic mass is 16.2. The standard InChI is InChI=1S/C27H32N6O/c1-19-7-6-15-29-24-13-12-23(22-11-5-10-21(17-22)20-8-3-2-4-9-20)31-26(24)33(19)27(34)32-25-14-16-28-18-30-25/h5,10-14,16-20,29H,2-4,6-9,15H2,1H3,(H,28,30,32,34)/t19-/m1/s1. The van der Waals surface area contributed by atoms with Crippen LogP contribution in [0.15, 0.2) is 55.0 Å². The predicted octanol–water partition coefficient (Wildman–Crippen LogP) is 6.22. The van der Waals surface area contributed by atoms with Gasteiger partial charge in [-0.1, -0.05) is 37.5 Å². The maximum absolute atomic E-state index is 13.4. The van der Waals surface area contributed by atoms with E-state index in [1.807, 2.05) is 6.07 Å². The van der Waals surface area contributed by atoms with E-state index >= 15 is 0 Å². The van der Waals surface area contributed by atoms with Gasteiger partial charge in [0.05, 0.1) is 11.4 Å². The number of carbonyl (C=O) groups excluding carboxylic acids is 1. The first kappa shape index (κ1) is 22.3. The number of amides is 2. The molecule has 3 heterocycles. The van der Waals surface area contributed by atoms with Gasteiger partial charge in [0.25, 0.3) is 0 Å². The van der Waals surface area contributed by atoms with Gasteiger partial charge in [-0.05, 0) is 68.4 Å². The summed E-state index contributed by atoms with van der Waals surface area (Å²) in [6.45, 7) is 2.93. The number of anilines is 3. The molecule has 1 aliphatic carbocycles. The summed E-state index contributed by atoms with van der Waals surface area (Å²) in [5.41, 5.74) is 4.25. The molecule has 2 N–H and O–H groups in total. The van der Waals surface area contributed by atoms with Crippen molar-refractivity contribution in [2.24, 2.45) is 0 Å². The Balaban J connectivity index is 1.49. The number of nitrogens with one attached hydrogen (secondary N) is 2. The monoisotopic (exact) mass is 456 g/mol. The lowest BCUT2D eigenvalue weighted by Crippen LogP contribution is -2.43. The molecule has 1 aromatic carbocycles. The normalized spacial score (nSPS) is 18.9. The lowest BCUT2D eigenvalue weighted by Gasteiger charge is -2.32. The second kappa shape index (κ2) is 10.2. The Bertz CT molecular complexity index is 1130. The van der Waals surface area contributed by atoms with Crippen LogP contribution in [-0.2, 0) is 0 Å². The topological polar surface area (TPSA) is 83.0 Å². The van der Waals surface area contributed by atoms with Crippen LogP contribution in [0.5, 0.6) is 0 Å². The van der Waals surface area contributed by atoms with Gasteiger partial charge in [0.15, 0.2) is 5.82 Å². The van der Waals surface area contributed by atoms with Crippen LogP contribution >= 0.6 is 0 Å². The molecule has 0 radical (unpaired) electrons. The van der Waals surface area contributed by atoms with E-state index in [-0.39, 0.29) is 12.1 Å². The number of rotatable bonds is 3. The lowest BCUT2D eigenvalue weighted by atomic mass is 9.83. The van der Waals surface area contributed by atoms with Gasteiger partial charge in [-0.2, -0.15) is 0 Å². The van der Waals surface area contributed by atoms with Gasteiger partial charge in [0.1, 0.15) is 12.1 Å². The Morgan fingerprint density at radius 2 is 1.94 bits per heavy atom. The molecule has 2 aliphatic rings. The lowest BCUT2D eigenvalue weighted by molar-refractivity contribution is 0.254. The van der Waals surface area contributed by atoms with E-state index in [1.165, 1.54) is 44.0 Å². The summed E-state index contributed by atoms with van der Waals surface area (Å²) in [7, 11) is 0. The molecule has 7 nitrogen and oxygen atoms in total. The zero-order valence-electron chi connectivity index (χ0n) is 19.7. The van der Waals surface area contributed by atoms with Crippen molar-refractivity contribution in [2.45, 2.75) is 63.8 Å². The van der Waals surface area contributed by atoms with E-state index in [4.69, 9.17) is 4.98 Å². The smallest absolute Gasteiger partial charge is 0.328 e. The molecule has 3 aromatic rings. The summed E-state index contributed by atoms with van der Waals surface area (Å²) in [5.74, 6) is 1.76. The van der Waals surface area contributed by atoms with Crippen LogP contribution in [0, 0.1) is 0 Å². The summed E-state index contributed by atoms with van der Waals surface area (Å²) in [6.07, 6.45) is 11.4. The molecule has 176 valence electrons. The van der Waals surface area contributed by atoms with Crippen LogP contribution in [0.4, 0.5) is 22.1 Å². The van der Waals surface area contributed by atoms with Crippen molar-refractivity contribution in [2.75, 3.05) is 22.1 Å². The summed E-state index contributed by atoms with van der Waals surface area (Å²) in [4.78, 5) is 28.3. The highest BCUT2D eigenvalue weighted by molar-refractivity contribution is 6.03. The fourth-order valence-corrected chi connectivity index (χ4v) is 5.11. The van der Waals surface area contributed by atoms with Gasteiger partial charge >= 0.3 is 6.03 Å². The number of nitrogens with zero attached hydrogens (tertiary/aromatic N) is 4. The summed E-state index contributed by atoms with van der Waals surface area (Å²) >= 11 is 0. The Morgan fingerprint density at radius 3 is 2.76 bits per heavy atom. The Morgan fingerprint density at radius 1 is 1.06 bits per heavy atom. The molecule has 0 bridgehead atoms. The van der Waals surface area contributed by atoms with Gasteiger partial charge in [0.2, 0.25) is 0 Å². The Hall–Kier alpha value is -3.48. The molecule has 0 unspecified atom stereocenters. The highest BCUT2D eigenvalue weighted by Gasteiger charge is 2.28.